The van der Waals surface area contributed by atoms with E-state index >= 15 is 0 Å². The van der Waals surface area contributed by atoms with Gasteiger partial charge in [-0.05, 0) is 46.2 Å². The molecule has 29 heavy (non-hydrogen) atoms. The molecule has 1 aliphatic rings. The normalized spacial score (nSPS) is 21.0. The number of carbonyl (C=O) groups excluding carboxylic acids is 1. The molecule has 2 aromatic carbocycles. The molecule has 2 aromatic rings. The third kappa shape index (κ3) is 4.81. The molecular weight excluding hydrogens is 408 g/mol. The zero-order valence-electron chi connectivity index (χ0n) is 15.8. The first-order valence-electron chi connectivity index (χ1n) is 8.96. The predicted octanol–water partition coefficient (Wildman–Crippen LogP) is 6.49. The minimum absolute atomic E-state index is 0.0298. The van der Waals surface area contributed by atoms with Crippen LogP contribution < -0.4 is 0 Å². The van der Waals surface area contributed by atoms with Gasteiger partial charge in [-0.2, -0.15) is 13.2 Å². The van der Waals surface area contributed by atoms with Crippen molar-refractivity contribution in [3.63, 3.8) is 0 Å². The number of hydrogen-bond acceptors (Lipinski definition) is 2. The Bertz CT molecular complexity index is 950. The highest BCUT2D eigenvalue weighted by molar-refractivity contribution is 6.30. The van der Waals surface area contributed by atoms with E-state index in [1.165, 1.54) is 12.1 Å². The van der Waals surface area contributed by atoms with Crippen molar-refractivity contribution in [1.29, 1.82) is 0 Å². The lowest BCUT2D eigenvalue weighted by Gasteiger charge is -2.08. The fraction of sp³-hybridized carbons (Fsp3) is 0.318. The number of alkyl halides is 3. The highest BCUT2D eigenvalue weighted by Gasteiger charge is 2.62. The second kappa shape index (κ2) is 7.82. The summed E-state index contributed by atoms with van der Waals surface area (Å²) in [5, 5.41) is -1.23. The van der Waals surface area contributed by atoms with Crippen LogP contribution in [0.1, 0.15) is 19.4 Å². The zero-order valence-corrected chi connectivity index (χ0v) is 16.5. The summed E-state index contributed by atoms with van der Waals surface area (Å²) in [6.07, 6.45) is -3.75. The van der Waals surface area contributed by atoms with Gasteiger partial charge in [-0.25, -0.2) is 4.39 Å². The predicted molar refractivity (Wildman–Crippen MR) is 102 cm³/mol. The van der Waals surface area contributed by atoms with E-state index in [2.05, 4.69) is 0 Å². The van der Waals surface area contributed by atoms with E-state index in [9.17, 15) is 22.4 Å². The summed E-state index contributed by atoms with van der Waals surface area (Å²) in [4.78, 5) is 12.4. The van der Waals surface area contributed by atoms with Crippen LogP contribution in [0.5, 0.6) is 0 Å². The minimum atomic E-state index is -4.63. The molecule has 0 spiro atoms. The summed E-state index contributed by atoms with van der Waals surface area (Å²) >= 11 is 5.31. The second-order valence-corrected chi connectivity index (χ2v) is 8.06. The fourth-order valence-corrected chi connectivity index (χ4v) is 3.58. The van der Waals surface area contributed by atoms with E-state index in [1.807, 2.05) is 6.07 Å². The molecule has 2 atom stereocenters. The summed E-state index contributed by atoms with van der Waals surface area (Å²) in [5.41, 5.74) is 1.49. The molecule has 0 unspecified atom stereocenters. The third-order valence-electron chi connectivity index (χ3n) is 5.23. The number of hydrogen-bond donors (Lipinski definition) is 0. The van der Waals surface area contributed by atoms with Crippen molar-refractivity contribution < 1.29 is 27.1 Å². The monoisotopic (exact) mass is 426 g/mol. The maximum absolute atomic E-state index is 13.4. The smallest absolute Gasteiger partial charge is 0.426 e. The van der Waals surface area contributed by atoms with Gasteiger partial charge in [0.15, 0.2) is 0 Å². The largest absolute Gasteiger partial charge is 0.461 e. The lowest BCUT2D eigenvalue weighted by molar-refractivity contribution is -0.147. The Labute approximate surface area is 171 Å². The summed E-state index contributed by atoms with van der Waals surface area (Å²) in [6.45, 7) is 3.37. The van der Waals surface area contributed by atoms with Crippen molar-refractivity contribution in [2.24, 2.45) is 17.3 Å². The van der Waals surface area contributed by atoms with Crippen LogP contribution in [0.25, 0.3) is 11.1 Å². The van der Waals surface area contributed by atoms with E-state index in [-0.39, 0.29) is 12.4 Å². The Kier molecular flexibility index (Phi) is 5.77. The standard InChI is InChI=1S/C22H19ClF4O2/c1-21(2)17(11-18(23)22(25,26)27)19(21)20(28)29-12-13-5-3-6-14(9-13)15-7-4-8-16(24)10-15/h3-11,17,19H,12H2,1-2H3/b18-11+/t17-,19-/m0/s1. The number of halogens is 5. The number of rotatable bonds is 5. The number of allylic oxidation sites excluding steroid dienone is 2. The van der Waals surface area contributed by atoms with E-state index in [4.69, 9.17) is 16.3 Å². The van der Waals surface area contributed by atoms with Gasteiger partial charge in [0.25, 0.3) is 0 Å². The van der Waals surface area contributed by atoms with Gasteiger partial charge in [-0.15, -0.1) is 0 Å². The summed E-state index contributed by atoms with van der Waals surface area (Å²) < 4.78 is 56.7. The molecular formula is C22H19ClF4O2. The highest BCUT2D eigenvalue weighted by atomic mass is 35.5. The van der Waals surface area contributed by atoms with Gasteiger partial charge in [0.1, 0.15) is 17.5 Å². The maximum Gasteiger partial charge on any atom is 0.426 e. The lowest BCUT2D eigenvalue weighted by Crippen LogP contribution is -2.11. The van der Waals surface area contributed by atoms with Crippen LogP contribution in [-0.4, -0.2) is 12.1 Å². The first-order valence-corrected chi connectivity index (χ1v) is 9.34. The van der Waals surface area contributed by atoms with Gasteiger partial charge in [-0.1, -0.05) is 61.9 Å². The number of ether oxygens (including phenoxy) is 1. The van der Waals surface area contributed by atoms with Crippen molar-refractivity contribution in [3.05, 3.63) is 71.0 Å². The zero-order chi connectivity index (χ0) is 21.4. The molecule has 3 rings (SSSR count). The molecule has 0 saturated heterocycles. The van der Waals surface area contributed by atoms with Gasteiger partial charge < -0.3 is 4.74 Å². The molecule has 1 aliphatic carbocycles. The lowest BCUT2D eigenvalue weighted by atomic mass is 10.0. The second-order valence-electron chi connectivity index (χ2n) is 7.66. The molecule has 2 nitrogen and oxygen atoms in total. The fourth-order valence-electron chi connectivity index (χ4n) is 3.44. The van der Waals surface area contributed by atoms with Crippen LogP contribution in [0.4, 0.5) is 17.6 Å². The van der Waals surface area contributed by atoms with Crippen LogP contribution in [0.15, 0.2) is 59.6 Å². The molecule has 0 aromatic heterocycles. The molecule has 1 fully saturated rings. The van der Waals surface area contributed by atoms with Crippen LogP contribution in [-0.2, 0) is 16.1 Å². The Hall–Kier alpha value is -2.34. The Morgan fingerprint density at radius 2 is 1.76 bits per heavy atom. The molecule has 0 radical (unpaired) electrons. The summed E-state index contributed by atoms with van der Waals surface area (Å²) in [7, 11) is 0. The number of esters is 1. The van der Waals surface area contributed by atoms with Crippen LogP contribution >= 0.6 is 11.6 Å². The Morgan fingerprint density at radius 1 is 1.14 bits per heavy atom. The first kappa shape index (κ1) is 21.4. The SMILES string of the molecule is CC1(C)[C@H](C(=O)OCc2cccc(-c3cccc(F)c3)c2)[C@@H]1/C=C(/Cl)C(F)(F)F. The molecule has 1 saturated carbocycles. The minimum Gasteiger partial charge on any atom is -0.461 e. The van der Waals surface area contributed by atoms with Crippen molar-refractivity contribution in [1.82, 2.24) is 0 Å². The summed E-state index contributed by atoms with van der Waals surface area (Å²) in [6, 6.07) is 13.2. The Balaban J connectivity index is 1.66. The molecule has 0 heterocycles. The molecule has 0 N–H and O–H groups in total. The van der Waals surface area contributed by atoms with Crippen molar-refractivity contribution in [2.75, 3.05) is 0 Å². The maximum atomic E-state index is 13.4. The summed E-state index contributed by atoms with van der Waals surface area (Å²) in [5.74, 6) is -2.25. The first-order chi connectivity index (χ1) is 13.5. The molecule has 0 bridgehead atoms. The van der Waals surface area contributed by atoms with E-state index < -0.39 is 34.4 Å². The van der Waals surface area contributed by atoms with Crippen LogP contribution in [0.3, 0.4) is 0 Å². The number of carbonyl (C=O) groups is 1. The van der Waals surface area contributed by atoms with Crippen LogP contribution in [0, 0.1) is 23.1 Å². The third-order valence-corrected chi connectivity index (χ3v) is 5.57. The van der Waals surface area contributed by atoms with Crippen molar-refractivity contribution in [2.45, 2.75) is 26.6 Å². The Morgan fingerprint density at radius 3 is 2.38 bits per heavy atom. The van der Waals surface area contributed by atoms with Gasteiger partial charge in [0, 0.05) is 0 Å². The molecule has 7 heteroatoms. The van der Waals surface area contributed by atoms with Gasteiger partial charge >= 0.3 is 12.1 Å². The van der Waals surface area contributed by atoms with E-state index in [0.29, 0.717) is 11.1 Å². The van der Waals surface area contributed by atoms with Crippen LogP contribution in [0.2, 0.25) is 0 Å². The average molecular weight is 427 g/mol. The number of benzene rings is 2. The topological polar surface area (TPSA) is 26.3 Å². The van der Waals surface area contributed by atoms with Gasteiger partial charge in [0.2, 0.25) is 0 Å². The van der Waals surface area contributed by atoms with Crippen molar-refractivity contribution >= 4 is 17.6 Å². The average Bonchev–Trinajstić information content (AvgIpc) is 3.19. The van der Waals surface area contributed by atoms with Gasteiger partial charge in [-0.3, -0.25) is 4.79 Å². The van der Waals surface area contributed by atoms with E-state index in [1.54, 1.807) is 44.2 Å². The molecule has 154 valence electrons. The quantitative estimate of drug-likeness (QED) is 0.403. The van der Waals surface area contributed by atoms with E-state index in [0.717, 1.165) is 11.6 Å². The van der Waals surface area contributed by atoms with Gasteiger partial charge in [0.05, 0.1) is 5.92 Å². The molecule has 0 aliphatic heterocycles. The van der Waals surface area contributed by atoms with Crippen molar-refractivity contribution in [3.8, 4) is 11.1 Å². The highest BCUT2D eigenvalue weighted by Crippen LogP contribution is 2.60. The molecule has 0 amide bonds.